The highest BCUT2D eigenvalue weighted by Gasteiger charge is 2.38. The van der Waals surface area contributed by atoms with Gasteiger partial charge in [-0.25, -0.2) is 0 Å². The molecule has 7 heteroatoms. The summed E-state index contributed by atoms with van der Waals surface area (Å²) in [4.78, 5) is 30.5. The molecule has 0 aromatic carbocycles. The Labute approximate surface area is 145 Å². The molecule has 1 N–H and O–H groups in total. The number of Topliss-reactive ketones (excluding diaryl/α,β-unsaturated/α-hetero) is 1. The fraction of sp³-hybridized carbons (Fsp3) is 0.444. The molecule has 1 saturated heterocycles. The van der Waals surface area contributed by atoms with Gasteiger partial charge in [-0.1, -0.05) is 5.16 Å². The Balaban J connectivity index is 1.62. The summed E-state index contributed by atoms with van der Waals surface area (Å²) in [5.74, 6) is 0.206. The van der Waals surface area contributed by atoms with Gasteiger partial charge in [0.15, 0.2) is 5.78 Å². The van der Waals surface area contributed by atoms with Crippen LogP contribution in [0.4, 0.5) is 0 Å². The summed E-state index contributed by atoms with van der Waals surface area (Å²) in [7, 11) is 0. The van der Waals surface area contributed by atoms with Crippen molar-refractivity contribution in [3.8, 4) is 0 Å². The van der Waals surface area contributed by atoms with E-state index >= 15 is 0 Å². The minimum absolute atomic E-state index is 0.0320. The number of amides is 1. The van der Waals surface area contributed by atoms with Crippen molar-refractivity contribution in [2.45, 2.75) is 44.8 Å². The number of aromatic nitrogens is 2. The number of likely N-dealkylation sites (tertiary alicyclic amines) is 1. The van der Waals surface area contributed by atoms with Gasteiger partial charge in [0, 0.05) is 37.8 Å². The van der Waals surface area contributed by atoms with Crippen molar-refractivity contribution in [2.24, 2.45) is 0 Å². The van der Waals surface area contributed by atoms with Gasteiger partial charge >= 0.3 is 0 Å². The number of β-amino-alcohol motifs (C(OH)–C–C–N with tert-alkyl or cyclic N) is 1. The maximum atomic E-state index is 12.6. The van der Waals surface area contributed by atoms with E-state index < -0.39 is 12.1 Å². The normalized spacial score (nSPS) is 20.0. The highest BCUT2D eigenvalue weighted by molar-refractivity contribution is 5.90. The van der Waals surface area contributed by atoms with Gasteiger partial charge in [-0.15, -0.1) is 0 Å². The van der Waals surface area contributed by atoms with Gasteiger partial charge in [0.05, 0.1) is 24.3 Å². The molecule has 1 aliphatic rings. The Morgan fingerprint density at radius 3 is 2.80 bits per heavy atom. The molecule has 1 amide bonds. The third kappa shape index (κ3) is 4.30. The van der Waals surface area contributed by atoms with Crippen LogP contribution in [-0.2, 0) is 22.4 Å². The minimum Gasteiger partial charge on any atom is -0.391 e. The van der Waals surface area contributed by atoms with Crippen LogP contribution in [0.2, 0.25) is 0 Å². The quantitative estimate of drug-likeness (QED) is 0.843. The number of ketones is 1. The first-order chi connectivity index (χ1) is 12.0. The number of hydrogen-bond donors (Lipinski definition) is 1. The molecule has 2 aromatic rings. The number of aliphatic hydroxyl groups is 1. The molecule has 2 atom stereocenters. The van der Waals surface area contributed by atoms with E-state index in [9.17, 15) is 14.7 Å². The molecule has 132 valence electrons. The van der Waals surface area contributed by atoms with Crippen LogP contribution in [0.25, 0.3) is 0 Å². The van der Waals surface area contributed by atoms with E-state index in [1.165, 1.54) is 4.90 Å². The summed E-state index contributed by atoms with van der Waals surface area (Å²) in [6, 6.07) is 4.86. The molecular weight excluding hydrogens is 322 g/mol. The van der Waals surface area contributed by atoms with Gasteiger partial charge in [-0.3, -0.25) is 14.6 Å². The maximum absolute atomic E-state index is 12.6. The second-order valence-corrected chi connectivity index (χ2v) is 6.38. The highest BCUT2D eigenvalue weighted by atomic mass is 16.5. The first kappa shape index (κ1) is 17.3. The molecule has 25 heavy (non-hydrogen) atoms. The van der Waals surface area contributed by atoms with Gasteiger partial charge < -0.3 is 14.5 Å². The molecule has 0 radical (unpaired) electrons. The largest absolute Gasteiger partial charge is 0.391 e. The third-order valence-corrected chi connectivity index (χ3v) is 4.38. The van der Waals surface area contributed by atoms with Crippen molar-refractivity contribution < 1.29 is 19.2 Å². The molecule has 1 aliphatic heterocycles. The Hall–Kier alpha value is -2.54. The van der Waals surface area contributed by atoms with Gasteiger partial charge in [-0.2, -0.15) is 0 Å². The van der Waals surface area contributed by atoms with Crippen molar-refractivity contribution in [3.05, 3.63) is 47.6 Å². The van der Waals surface area contributed by atoms with Crippen LogP contribution in [0.1, 0.15) is 29.9 Å². The summed E-state index contributed by atoms with van der Waals surface area (Å²) < 4.78 is 5.07. The van der Waals surface area contributed by atoms with Crippen LogP contribution in [0.3, 0.4) is 0 Å². The van der Waals surface area contributed by atoms with E-state index in [1.807, 2.05) is 12.1 Å². The molecule has 0 spiro atoms. The maximum Gasteiger partial charge on any atom is 0.231 e. The molecule has 0 aliphatic carbocycles. The molecule has 1 fully saturated rings. The lowest BCUT2D eigenvalue weighted by molar-refractivity contribution is -0.137. The van der Waals surface area contributed by atoms with E-state index in [0.29, 0.717) is 24.3 Å². The summed E-state index contributed by atoms with van der Waals surface area (Å²) in [5, 5.41) is 13.7. The standard InChI is InChI=1S/C18H21N3O4/c1-12-8-15(25-20-12)10-18(24)21-11-14(22)9-16(21)17(23)3-2-13-4-6-19-7-5-13/h4-8,14,16,22H,2-3,9-11H2,1H3/t14-,16+/m1/s1. The molecule has 2 aromatic heterocycles. The number of carbonyl (C=O) groups is 2. The second-order valence-electron chi connectivity index (χ2n) is 6.38. The monoisotopic (exact) mass is 343 g/mol. The zero-order valence-corrected chi connectivity index (χ0v) is 14.1. The highest BCUT2D eigenvalue weighted by Crippen LogP contribution is 2.22. The lowest BCUT2D eigenvalue weighted by Crippen LogP contribution is -2.41. The first-order valence-electron chi connectivity index (χ1n) is 8.34. The topological polar surface area (TPSA) is 96.5 Å². The number of carbonyl (C=O) groups excluding carboxylic acids is 2. The Bertz CT molecular complexity index is 744. The molecule has 7 nitrogen and oxygen atoms in total. The van der Waals surface area contributed by atoms with Crippen LogP contribution in [-0.4, -0.2) is 50.5 Å². The van der Waals surface area contributed by atoms with Crippen molar-refractivity contribution in [2.75, 3.05) is 6.54 Å². The van der Waals surface area contributed by atoms with Crippen molar-refractivity contribution in [3.63, 3.8) is 0 Å². The summed E-state index contributed by atoms with van der Waals surface area (Å²) in [5.41, 5.74) is 1.73. The number of pyridine rings is 1. The molecule has 0 saturated carbocycles. The Morgan fingerprint density at radius 1 is 1.36 bits per heavy atom. The summed E-state index contributed by atoms with van der Waals surface area (Å²) in [6.45, 7) is 1.96. The zero-order valence-electron chi connectivity index (χ0n) is 14.1. The molecule has 0 unspecified atom stereocenters. The number of hydrogen-bond acceptors (Lipinski definition) is 6. The predicted molar refractivity (Wildman–Crippen MR) is 88.6 cm³/mol. The molecule has 3 rings (SSSR count). The summed E-state index contributed by atoms with van der Waals surface area (Å²) in [6.07, 6.45) is 3.96. The van der Waals surface area contributed by atoms with Gasteiger partial charge in [-0.05, 0) is 31.0 Å². The van der Waals surface area contributed by atoms with Crippen LogP contribution in [0.15, 0.2) is 35.1 Å². The SMILES string of the molecule is Cc1cc(CC(=O)N2C[C@H](O)C[C@H]2C(=O)CCc2ccncc2)on1. The van der Waals surface area contributed by atoms with Gasteiger partial charge in [0.25, 0.3) is 0 Å². The summed E-state index contributed by atoms with van der Waals surface area (Å²) >= 11 is 0. The zero-order chi connectivity index (χ0) is 17.8. The van der Waals surface area contributed by atoms with Crippen molar-refractivity contribution in [1.29, 1.82) is 0 Å². The lowest BCUT2D eigenvalue weighted by atomic mass is 10.0. The molecule has 3 heterocycles. The fourth-order valence-corrected chi connectivity index (χ4v) is 3.13. The Morgan fingerprint density at radius 2 is 2.12 bits per heavy atom. The van der Waals surface area contributed by atoms with Crippen molar-refractivity contribution >= 4 is 11.7 Å². The third-order valence-electron chi connectivity index (χ3n) is 4.38. The van der Waals surface area contributed by atoms with E-state index in [1.54, 1.807) is 25.4 Å². The number of aliphatic hydroxyl groups excluding tert-OH is 1. The lowest BCUT2D eigenvalue weighted by Gasteiger charge is -2.23. The smallest absolute Gasteiger partial charge is 0.231 e. The average molecular weight is 343 g/mol. The fourth-order valence-electron chi connectivity index (χ4n) is 3.13. The van der Waals surface area contributed by atoms with Gasteiger partial charge in [0.2, 0.25) is 5.91 Å². The Kier molecular flexibility index (Phi) is 5.23. The van der Waals surface area contributed by atoms with Crippen LogP contribution in [0.5, 0.6) is 0 Å². The first-order valence-corrected chi connectivity index (χ1v) is 8.34. The van der Waals surface area contributed by atoms with Crippen molar-refractivity contribution in [1.82, 2.24) is 15.0 Å². The number of rotatable bonds is 6. The van der Waals surface area contributed by atoms with Crippen LogP contribution in [0, 0.1) is 6.92 Å². The van der Waals surface area contributed by atoms with Crippen LogP contribution < -0.4 is 0 Å². The average Bonchev–Trinajstić information content (AvgIpc) is 3.19. The minimum atomic E-state index is -0.671. The number of nitrogens with zero attached hydrogens (tertiary/aromatic N) is 3. The van der Waals surface area contributed by atoms with Gasteiger partial charge in [0.1, 0.15) is 5.76 Å². The van der Waals surface area contributed by atoms with E-state index in [2.05, 4.69) is 10.1 Å². The predicted octanol–water partition coefficient (Wildman–Crippen LogP) is 1.08. The second kappa shape index (κ2) is 7.57. The molecular formula is C18H21N3O4. The van der Waals surface area contributed by atoms with E-state index in [-0.39, 0.29) is 31.1 Å². The van der Waals surface area contributed by atoms with E-state index in [4.69, 9.17) is 4.52 Å². The van der Waals surface area contributed by atoms with E-state index in [0.717, 1.165) is 5.56 Å². The van der Waals surface area contributed by atoms with Crippen LogP contribution >= 0.6 is 0 Å². The number of aryl methyl sites for hydroxylation is 2. The molecule has 0 bridgehead atoms.